The lowest BCUT2D eigenvalue weighted by atomic mass is 10.2. The molecular formula is C9H5BrClN3O2. The van der Waals surface area contributed by atoms with Crippen LogP contribution in [0.15, 0.2) is 29.0 Å². The van der Waals surface area contributed by atoms with Crippen molar-refractivity contribution in [1.82, 2.24) is 14.8 Å². The molecule has 2 aromatic heterocycles. The molecule has 2 aromatic rings. The van der Waals surface area contributed by atoms with Crippen LogP contribution in [0, 0.1) is 0 Å². The molecule has 0 amide bonds. The van der Waals surface area contributed by atoms with E-state index in [1.165, 1.54) is 16.8 Å². The molecule has 0 aliphatic heterocycles. The lowest BCUT2D eigenvalue weighted by molar-refractivity contribution is 0.0696. The SMILES string of the molecule is O=C(O)c1cc(Cl)nc(-n2cc(Br)cn2)c1. The van der Waals surface area contributed by atoms with Gasteiger partial charge in [-0.1, -0.05) is 11.6 Å². The molecule has 0 radical (unpaired) electrons. The maximum atomic E-state index is 10.8. The fourth-order valence-corrected chi connectivity index (χ4v) is 1.64. The first-order valence-electron chi connectivity index (χ1n) is 4.17. The van der Waals surface area contributed by atoms with E-state index in [0.29, 0.717) is 5.82 Å². The Labute approximate surface area is 104 Å². The number of nitrogens with zero attached hydrogens (tertiary/aromatic N) is 3. The highest BCUT2D eigenvalue weighted by Crippen LogP contribution is 2.16. The molecule has 0 unspecified atom stereocenters. The predicted octanol–water partition coefficient (Wildman–Crippen LogP) is 2.38. The van der Waals surface area contributed by atoms with E-state index in [-0.39, 0.29) is 10.7 Å². The Morgan fingerprint density at radius 1 is 1.50 bits per heavy atom. The first-order valence-corrected chi connectivity index (χ1v) is 5.35. The maximum absolute atomic E-state index is 10.8. The Morgan fingerprint density at radius 2 is 2.25 bits per heavy atom. The van der Waals surface area contributed by atoms with Crippen molar-refractivity contribution in [2.24, 2.45) is 0 Å². The largest absolute Gasteiger partial charge is 0.478 e. The van der Waals surface area contributed by atoms with Crippen LogP contribution in [0.5, 0.6) is 0 Å². The minimum absolute atomic E-state index is 0.0709. The minimum Gasteiger partial charge on any atom is -0.478 e. The number of hydrogen-bond acceptors (Lipinski definition) is 3. The van der Waals surface area contributed by atoms with Crippen molar-refractivity contribution >= 4 is 33.5 Å². The Morgan fingerprint density at radius 3 is 2.81 bits per heavy atom. The van der Waals surface area contributed by atoms with Crippen LogP contribution in [0.4, 0.5) is 0 Å². The smallest absolute Gasteiger partial charge is 0.335 e. The second kappa shape index (κ2) is 4.23. The van der Waals surface area contributed by atoms with Gasteiger partial charge in [0.1, 0.15) is 5.15 Å². The lowest BCUT2D eigenvalue weighted by Crippen LogP contribution is -2.03. The number of carbonyl (C=O) groups is 1. The van der Waals surface area contributed by atoms with Crippen LogP contribution in [0.1, 0.15) is 10.4 Å². The third-order valence-electron chi connectivity index (χ3n) is 1.81. The van der Waals surface area contributed by atoms with Crippen molar-refractivity contribution in [3.05, 3.63) is 39.7 Å². The van der Waals surface area contributed by atoms with Crippen molar-refractivity contribution in [2.75, 3.05) is 0 Å². The molecule has 0 atom stereocenters. The third kappa shape index (κ3) is 2.23. The Hall–Kier alpha value is -1.40. The van der Waals surface area contributed by atoms with Crippen LogP contribution >= 0.6 is 27.5 Å². The number of pyridine rings is 1. The van der Waals surface area contributed by atoms with Gasteiger partial charge in [0.15, 0.2) is 5.82 Å². The van der Waals surface area contributed by atoms with Gasteiger partial charge in [0.05, 0.1) is 16.2 Å². The summed E-state index contributed by atoms with van der Waals surface area (Å²) in [4.78, 5) is 14.8. The van der Waals surface area contributed by atoms with Crippen molar-refractivity contribution in [3.63, 3.8) is 0 Å². The van der Waals surface area contributed by atoms with Crippen molar-refractivity contribution < 1.29 is 9.90 Å². The second-order valence-electron chi connectivity index (χ2n) is 2.95. The molecule has 82 valence electrons. The fraction of sp³-hybridized carbons (Fsp3) is 0. The zero-order valence-electron chi connectivity index (χ0n) is 7.76. The van der Waals surface area contributed by atoms with Crippen LogP contribution in [-0.2, 0) is 0 Å². The van der Waals surface area contributed by atoms with E-state index in [2.05, 4.69) is 26.0 Å². The topological polar surface area (TPSA) is 68.0 Å². The highest BCUT2D eigenvalue weighted by molar-refractivity contribution is 9.10. The van der Waals surface area contributed by atoms with E-state index in [1.54, 1.807) is 12.4 Å². The first-order chi connectivity index (χ1) is 7.56. The molecule has 0 aromatic carbocycles. The highest BCUT2D eigenvalue weighted by Gasteiger charge is 2.09. The van der Waals surface area contributed by atoms with Crippen molar-refractivity contribution in [2.45, 2.75) is 0 Å². The lowest BCUT2D eigenvalue weighted by Gasteiger charge is -2.02. The average molecular weight is 303 g/mol. The zero-order valence-corrected chi connectivity index (χ0v) is 10.1. The summed E-state index contributed by atoms with van der Waals surface area (Å²) in [6.07, 6.45) is 3.23. The van der Waals surface area contributed by atoms with E-state index in [4.69, 9.17) is 16.7 Å². The molecule has 0 aliphatic carbocycles. The average Bonchev–Trinajstić information content (AvgIpc) is 2.64. The molecule has 0 aliphatic rings. The summed E-state index contributed by atoms with van der Waals surface area (Å²) in [7, 11) is 0. The summed E-state index contributed by atoms with van der Waals surface area (Å²) in [5, 5.41) is 13.0. The summed E-state index contributed by atoms with van der Waals surface area (Å²) >= 11 is 8.96. The van der Waals surface area contributed by atoms with Crippen molar-refractivity contribution in [1.29, 1.82) is 0 Å². The van der Waals surface area contributed by atoms with Gasteiger partial charge in [-0.2, -0.15) is 5.10 Å². The monoisotopic (exact) mass is 301 g/mol. The molecule has 5 nitrogen and oxygen atoms in total. The zero-order chi connectivity index (χ0) is 11.7. The van der Waals surface area contributed by atoms with Gasteiger partial charge in [-0.3, -0.25) is 0 Å². The molecular weight excluding hydrogens is 297 g/mol. The van der Waals surface area contributed by atoms with Gasteiger partial charge in [0.25, 0.3) is 0 Å². The molecule has 2 heterocycles. The number of aromatic carboxylic acids is 1. The van der Waals surface area contributed by atoms with E-state index in [9.17, 15) is 4.79 Å². The highest BCUT2D eigenvalue weighted by atomic mass is 79.9. The van der Waals surface area contributed by atoms with Crippen LogP contribution in [-0.4, -0.2) is 25.8 Å². The molecule has 2 rings (SSSR count). The molecule has 0 fully saturated rings. The molecule has 7 heteroatoms. The van der Waals surface area contributed by atoms with E-state index >= 15 is 0 Å². The van der Waals surface area contributed by atoms with Gasteiger partial charge < -0.3 is 5.11 Å². The van der Waals surface area contributed by atoms with Gasteiger partial charge in [-0.15, -0.1) is 0 Å². The van der Waals surface area contributed by atoms with E-state index < -0.39 is 5.97 Å². The standard InChI is InChI=1S/C9H5BrClN3O2/c10-6-3-12-14(4-6)8-2-5(9(15)16)1-7(11)13-8/h1-4H,(H,15,16). The van der Waals surface area contributed by atoms with Gasteiger partial charge in [0.2, 0.25) is 0 Å². The Kier molecular flexibility index (Phi) is 2.93. The minimum atomic E-state index is -1.06. The van der Waals surface area contributed by atoms with Gasteiger partial charge in [0, 0.05) is 6.20 Å². The molecule has 16 heavy (non-hydrogen) atoms. The number of hydrogen-bond donors (Lipinski definition) is 1. The number of halogens is 2. The second-order valence-corrected chi connectivity index (χ2v) is 4.25. The number of aromatic nitrogens is 3. The normalized spacial score (nSPS) is 10.4. The first kappa shape index (κ1) is 11.1. The summed E-state index contributed by atoms with van der Waals surface area (Å²) in [6.45, 7) is 0. The number of carboxylic acid groups (broad SMARTS) is 1. The van der Waals surface area contributed by atoms with Crippen LogP contribution in [0.25, 0.3) is 5.82 Å². The van der Waals surface area contributed by atoms with Gasteiger partial charge >= 0.3 is 5.97 Å². The molecule has 0 spiro atoms. The van der Waals surface area contributed by atoms with Gasteiger partial charge in [-0.25, -0.2) is 14.5 Å². The molecule has 0 bridgehead atoms. The number of carboxylic acids is 1. The van der Waals surface area contributed by atoms with Crippen LogP contribution < -0.4 is 0 Å². The van der Waals surface area contributed by atoms with Crippen LogP contribution in [0.2, 0.25) is 5.15 Å². The summed E-state index contributed by atoms with van der Waals surface area (Å²) in [6, 6.07) is 2.68. The summed E-state index contributed by atoms with van der Waals surface area (Å²) in [5.74, 6) is -0.702. The molecule has 1 N–H and O–H groups in total. The van der Waals surface area contributed by atoms with Crippen molar-refractivity contribution in [3.8, 4) is 5.82 Å². The molecule has 0 saturated heterocycles. The van der Waals surface area contributed by atoms with Crippen LogP contribution in [0.3, 0.4) is 0 Å². The fourth-order valence-electron chi connectivity index (χ4n) is 1.15. The molecule has 0 saturated carbocycles. The Balaban J connectivity index is 2.53. The summed E-state index contributed by atoms with van der Waals surface area (Å²) in [5.41, 5.74) is 0.0709. The summed E-state index contributed by atoms with van der Waals surface area (Å²) < 4.78 is 2.20. The predicted molar refractivity (Wildman–Crippen MR) is 61.0 cm³/mol. The van der Waals surface area contributed by atoms with E-state index in [0.717, 1.165) is 4.47 Å². The van der Waals surface area contributed by atoms with E-state index in [1.807, 2.05) is 0 Å². The third-order valence-corrected chi connectivity index (χ3v) is 2.42. The maximum Gasteiger partial charge on any atom is 0.335 e. The van der Waals surface area contributed by atoms with Gasteiger partial charge in [-0.05, 0) is 28.1 Å². The number of rotatable bonds is 2. The Bertz CT molecular complexity index is 555. The quantitative estimate of drug-likeness (QED) is 0.865.